The Kier molecular flexibility index (Phi) is 3.60. The van der Waals surface area contributed by atoms with Crippen LogP contribution >= 0.6 is 0 Å². The fraction of sp³-hybridized carbons (Fsp3) is 0.238. The number of hydrogen-bond acceptors (Lipinski definition) is 4. The Morgan fingerprint density at radius 3 is 2.46 bits per heavy atom. The third-order valence-electron chi connectivity index (χ3n) is 4.98. The van der Waals surface area contributed by atoms with Crippen LogP contribution in [0.1, 0.15) is 5.69 Å². The molecular weight excluding hydrogens is 324 g/mol. The van der Waals surface area contributed by atoms with Crippen molar-refractivity contribution in [3.63, 3.8) is 0 Å². The van der Waals surface area contributed by atoms with Crippen molar-refractivity contribution in [1.82, 2.24) is 14.8 Å². The first-order valence-electron chi connectivity index (χ1n) is 8.99. The first kappa shape index (κ1) is 15.3. The lowest BCUT2D eigenvalue weighted by Gasteiger charge is -2.28. The standard InChI is InChI=1S/C21H20N4O/c1-15-19-20(25(23-15)16-7-3-2-4-8-16)17-9-5-6-10-18(17)22-21(19)24-11-13-26-14-12-24/h2-10H,11-14H2,1H3. The van der Waals surface area contributed by atoms with Crippen molar-refractivity contribution in [2.24, 2.45) is 0 Å². The number of morpholine rings is 1. The van der Waals surface area contributed by atoms with Crippen LogP contribution in [0, 0.1) is 6.92 Å². The highest BCUT2D eigenvalue weighted by Gasteiger charge is 2.22. The van der Waals surface area contributed by atoms with E-state index in [2.05, 4.69) is 46.8 Å². The van der Waals surface area contributed by atoms with Gasteiger partial charge in [0.05, 0.1) is 41.0 Å². The van der Waals surface area contributed by atoms with E-state index >= 15 is 0 Å². The molecule has 5 rings (SSSR count). The molecule has 4 aromatic rings. The SMILES string of the molecule is Cc1nn(-c2ccccc2)c2c1c(N1CCOCC1)nc1ccccc12. The molecule has 0 aliphatic carbocycles. The van der Waals surface area contributed by atoms with Crippen LogP contribution in [0.25, 0.3) is 27.5 Å². The highest BCUT2D eigenvalue weighted by atomic mass is 16.5. The number of rotatable bonds is 2. The van der Waals surface area contributed by atoms with Crippen molar-refractivity contribution >= 4 is 27.6 Å². The van der Waals surface area contributed by atoms with Gasteiger partial charge in [-0.3, -0.25) is 0 Å². The lowest BCUT2D eigenvalue weighted by Crippen LogP contribution is -2.36. The predicted molar refractivity (Wildman–Crippen MR) is 104 cm³/mol. The quantitative estimate of drug-likeness (QED) is 0.556. The first-order chi connectivity index (χ1) is 12.8. The zero-order valence-electron chi connectivity index (χ0n) is 14.7. The molecule has 2 aromatic carbocycles. The minimum absolute atomic E-state index is 0.738. The highest BCUT2D eigenvalue weighted by molar-refractivity contribution is 6.10. The molecule has 2 aromatic heterocycles. The summed E-state index contributed by atoms with van der Waals surface area (Å²) in [6.45, 7) is 5.26. The second-order valence-electron chi connectivity index (χ2n) is 6.61. The van der Waals surface area contributed by atoms with Gasteiger partial charge in [-0.25, -0.2) is 9.67 Å². The van der Waals surface area contributed by atoms with Crippen molar-refractivity contribution in [3.05, 3.63) is 60.3 Å². The number of ether oxygens (including phenoxy) is 1. The number of aryl methyl sites for hydroxylation is 1. The highest BCUT2D eigenvalue weighted by Crippen LogP contribution is 2.35. The van der Waals surface area contributed by atoms with Crippen molar-refractivity contribution in [2.75, 3.05) is 31.2 Å². The molecule has 5 nitrogen and oxygen atoms in total. The van der Waals surface area contributed by atoms with Gasteiger partial charge < -0.3 is 9.64 Å². The average molecular weight is 344 g/mol. The molecule has 3 heterocycles. The van der Waals surface area contributed by atoms with Crippen molar-refractivity contribution in [1.29, 1.82) is 0 Å². The summed E-state index contributed by atoms with van der Waals surface area (Å²) in [5.74, 6) is 1.02. The van der Waals surface area contributed by atoms with E-state index in [-0.39, 0.29) is 0 Å². The zero-order chi connectivity index (χ0) is 17.5. The Morgan fingerprint density at radius 1 is 0.923 bits per heavy atom. The van der Waals surface area contributed by atoms with E-state index in [0.29, 0.717) is 0 Å². The lowest BCUT2D eigenvalue weighted by atomic mass is 10.1. The number of pyridine rings is 1. The van der Waals surface area contributed by atoms with E-state index in [1.807, 2.05) is 24.3 Å². The van der Waals surface area contributed by atoms with Crippen LogP contribution in [0.3, 0.4) is 0 Å². The Hall–Kier alpha value is -2.92. The summed E-state index contributed by atoms with van der Waals surface area (Å²) >= 11 is 0. The topological polar surface area (TPSA) is 43.2 Å². The number of fused-ring (bicyclic) bond motifs is 3. The summed E-state index contributed by atoms with van der Waals surface area (Å²) in [4.78, 5) is 7.33. The van der Waals surface area contributed by atoms with Gasteiger partial charge in [-0.1, -0.05) is 36.4 Å². The Morgan fingerprint density at radius 2 is 1.65 bits per heavy atom. The number of nitrogens with zero attached hydrogens (tertiary/aromatic N) is 4. The summed E-state index contributed by atoms with van der Waals surface area (Å²) in [5, 5.41) is 7.15. The number of aromatic nitrogens is 3. The molecule has 0 unspecified atom stereocenters. The van der Waals surface area contributed by atoms with Gasteiger partial charge in [0.1, 0.15) is 5.82 Å². The van der Waals surface area contributed by atoms with Crippen LogP contribution in [0.5, 0.6) is 0 Å². The first-order valence-corrected chi connectivity index (χ1v) is 8.99. The third kappa shape index (κ3) is 2.35. The maximum absolute atomic E-state index is 5.54. The van der Waals surface area contributed by atoms with E-state index in [1.54, 1.807) is 0 Å². The molecular formula is C21H20N4O. The average Bonchev–Trinajstić information content (AvgIpc) is 3.06. The van der Waals surface area contributed by atoms with E-state index in [4.69, 9.17) is 14.8 Å². The van der Waals surface area contributed by atoms with E-state index in [9.17, 15) is 0 Å². The Bertz CT molecular complexity index is 1080. The molecule has 1 aliphatic heterocycles. The van der Waals surface area contributed by atoms with E-state index in [0.717, 1.165) is 65.3 Å². The number of benzene rings is 2. The minimum Gasteiger partial charge on any atom is -0.378 e. The van der Waals surface area contributed by atoms with Crippen molar-refractivity contribution in [2.45, 2.75) is 6.92 Å². The molecule has 0 N–H and O–H groups in total. The molecule has 0 amide bonds. The van der Waals surface area contributed by atoms with E-state index in [1.165, 1.54) is 0 Å². The summed E-state index contributed by atoms with van der Waals surface area (Å²) < 4.78 is 7.59. The normalized spacial score (nSPS) is 15.0. The molecule has 0 radical (unpaired) electrons. The zero-order valence-corrected chi connectivity index (χ0v) is 14.7. The van der Waals surface area contributed by atoms with Gasteiger partial charge in [0, 0.05) is 18.5 Å². The molecule has 1 fully saturated rings. The van der Waals surface area contributed by atoms with Gasteiger partial charge in [-0.15, -0.1) is 0 Å². The molecule has 0 bridgehead atoms. The summed E-state index contributed by atoms with van der Waals surface area (Å²) in [6, 6.07) is 18.6. The smallest absolute Gasteiger partial charge is 0.140 e. The maximum atomic E-state index is 5.54. The molecule has 1 saturated heterocycles. The van der Waals surface area contributed by atoms with Crippen LogP contribution in [-0.4, -0.2) is 41.1 Å². The van der Waals surface area contributed by atoms with E-state index < -0.39 is 0 Å². The molecule has 26 heavy (non-hydrogen) atoms. The van der Waals surface area contributed by atoms with Gasteiger partial charge in [-0.2, -0.15) is 5.10 Å². The second kappa shape index (κ2) is 6.11. The number of anilines is 1. The van der Waals surface area contributed by atoms with Crippen LogP contribution in [0.15, 0.2) is 54.6 Å². The summed E-state index contributed by atoms with van der Waals surface area (Å²) in [7, 11) is 0. The largest absolute Gasteiger partial charge is 0.378 e. The predicted octanol–water partition coefficient (Wildman–Crippen LogP) is 3.72. The summed E-state index contributed by atoms with van der Waals surface area (Å²) in [5.41, 5.74) is 4.19. The monoisotopic (exact) mass is 344 g/mol. The number of para-hydroxylation sites is 2. The van der Waals surface area contributed by atoms with Crippen molar-refractivity contribution in [3.8, 4) is 5.69 Å². The van der Waals surface area contributed by atoms with Gasteiger partial charge in [0.15, 0.2) is 0 Å². The Labute approximate surface area is 151 Å². The van der Waals surface area contributed by atoms with Gasteiger partial charge >= 0.3 is 0 Å². The van der Waals surface area contributed by atoms with Gasteiger partial charge in [-0.05, 0) is 25.1 Å². The van der Waals surface area contributed by atoms with Crippen LogP contribution in [0.2, 0.25) is 0 Å². The van der Waals surface area contributed by atoms with Gasteiger partial charge in [0.2, 0.25) is 0 Å². The molecule has 130 valence electrons. The fourth-order valence-electron chi connectivity index (χ4n) is 3.75. The molecule has 0 atom stereocenters. The summed E-state index contributed by atoms with van der Waals surface area (Å²) in [6.07, 6.45) is 0. The van der Waals surface area contributed by atoms with Crippen LogP contribution < -0.4 is 4.90 Å². The Balaban J connectivity index is 1.87. The lowest BCUT2D eigenvalue weighted by molar-refractivity contribution is 0.122. The molecule has 0 saturated carbocycles. The number of hydrogen-bond donors (Lipinski definition) is 0. The molecule has 1 aliphatic rings. The second-order valence-corrected chi connectivity index (χ2v) is 6.61. The van der Waals surface area contributed by atoms with Crippen LogP contribution in [-0.2, 0) is 4.74 Å². The third-order valence-corrected chi connectivity index (χ3v) is 4.98. The molecule has 5 heteroatoms. The van der Waals surface area contributed by atoms with Crippen molar-refractivity contribution < 1.29 is 4.74 Å². The molecule has 0 spiro atoms. The maximum Gasteiger partial charge on any atom is 0.140 e. The van der Waals surface area contributed by atoms with Crippen LogP contribution in [0.4, 0.5) is 5.82 Å². The van der Waals surface area contributed by atoms with Gasteiger partial charge in [0.25, 0.3) is 0 Å². The minimum atomic E-state index is 0.738. The fourth-order valence-corrected chi connectivity index (χ4v) is 3.75.